The summed E-state index contributed by atoms with van der Waals surface area (Å²) in [5.41, 5.74) is 8.67. The number of hydrogen-bond acceptors (Lipinski definition) is 4. The Morgan fingerprint density at radius 1 is 0.900 bits per heavy atom. The average Bonchev–Trinajstić information content (AvgIpc) is 2.53. The molecule has 0 heterocycles. The van der Waals surface area contributed by atoms with E-state index >= 15 is 0 Å². The van der Waals surface area contributed by atoms with Crippen molar-refractivity contribution in [1.29, 1.82) is 0 Å². The average molecular weight is 273 g/mol. The van der Waals surface area contributed by atoms with Gasteiger partial charge in [-0.05, 0) is 23.8 Å². The summed E-state index contributed by atoms with van der Waals surface area (Å²) in [5, 5.41) is 0. The van der Waals surface area contributed by atoms with E-state index in [1.54, 1.807) is 21.3 Å². The second-order valence-corrected chi connectivity index (χ2v) is 4.28. The summed E-state index contributed by atoms with van der Waals surface area (Å²) in [6.07, 6.45) is 0. The molecule has 0 unspecified atom stereocenters. The van der Waals surface area contributed by atoms with Crippen molar-refractivity contribution in [3.05, 3.63) is 42.0 Å². The summed E-state index contributed by atoms with van der Waals surface area (Å²) < 4.78 is 16.2. The lowest BCUT2D eigenvalue weighted by Crippen LogP contribution is -2.02. The van der Waals surface area contributed by atoms with Crippen LogP contribution in [0.2, 0.25) is 0 Å². The van der Waals surface area contributed by atoms with Gasteiger partial charge in [0.1, 0.15) is 5.75 Å². The molecule has 0 spiro atoms. The number of benzene rings is 2. The van der Waals surface area contributed by atoms with Crippen molar-refractivity contribution in [1.82, 2.24) is 0 Å². The minimum atomic E-state index is 0.378. The second kappa shape index (κ2) is 6.30. The van der Waals surface area contributed by atoms with Crippen molar-refractivity contribution in [2.24, 2.45) is 5.73 Å². The smallest absolute Gasteiger partial charge is 0.165 e. The van der Waals surface area contributed by atoms with E-state index in [0.717, 1.165) is 22.4 Å². The Balaban J connectivity index is 2.63. The van der Waals surface area contributed by atoms with Crippen LogP contribution in [0.1, 0.15) is 5.56 Å². The summed E-state index contributed by atoms with van der Waals surface area (Å²) in [5.74, 6) is 2.15. The van der Waals surface area contributed by atoms with E-state index in [-0.39, 0.29) is 0 Å². The first-order valence-corrected chi connectivity index (χ1v) is 6.33. The van der Waals surface area contributed by atoms with Gasteiger partial charge in [-0.1, -0.05) is 18.2 Å². The normalized spacial score (nSPS) is 10.2. The first-order valence-electron chi connectivity index (χ1n) is 6.33. The van der Waals surface area contributed by atoms with Crippen molar-refractivity contribution in [3.63, 3.8) is 0 Å². The van der Waals surface area contributed by atoms with Gasteiger partial charge in [0.15, 0.2) is 11.5 Å². The number of ether oxygens (including phenoxy) is 3. The Morgan fingerprint density at radius 3 is 2.20 bits per heavy atom. The van der Waals surface area contributed by atoms with Crippen LogP contribution in [0.3, 0.4) is 0 Å². The van der Waals surface area contributed by atoms with Crippen LogP contribution in [0.5, 0.6) is 17.2 Å². The zero-order valence-electron chi connectivity index (χ0n) is 12.0. The highest BCUT2D eigenvalue weighted by molar-refractivity contribution is 5.74. The molecule has 4 nitrogen and oxygen atoms in total. The van der Waals surface area contributed by atoms with Gasteiger partial charge in [-0.3, -0.25) is 0 Å². The summed E-state index contributed by atoms with van der Waals surface area (Å²) in [6.45, 7) is 0.378. The number of hydrogen-bond donors (Lipinski definition) is 1. The molecule has 0 fully saturated rings. The summed E-state index contributed by atoms with van der Waals surface area (Å²) in [6, 6.07) is 11.8. The molecular weight excluding hydrogens is 254 g/mol. The van der Waals surface area contributed by atoms with Gasteiger partial charge in [-0.25, -0.2) is 0 Å². The summed E-state index contributed by atoms with van der Waals surface area (Å²) in [4.78, 5) is 0. The van der Waals surface area contributed by atoms with Gasteiger partial charge in [-0.15, -0.1) is 0 Å². The molecule has 2 aromatic rings. The van der Waals surface area contributed by atoms with Crippen molar-refractivity contribution >= 4 is 0 Å². The second-order valence-electron chi connectivity index (χ2n) is 4.28. The van der Waals surface area contributed by atoms with Crippen LogP contribution in [0.4, 0.5) is 0 Å². The lowest BCUT2D eigenvalue weighted by Gasteiger charge is -2.15. The first kappa shape index (κ1) is 14.2. The molecule has 4 heteroatoms. The fraction of sp³-hybridized carbons (Fsp3) is 0.250. The summed E-state index contributed by atoms with van der Waals surface area (Å²) >= 11 is 0. The first-order chi connectivity index (χ1) is 9.74. The fourth-order valence-electron chi connectivity index (χ4n) is 2.23. The zero-order valence-corrected chi connectivity index (χ0v) is 12.0. The molecule has 0 aliphatic rings. The van der Waals surface area contributed by atoms with E-state index in [2.05, 4.69) is 0 Å². The Labute approximate surface area is 119 Å². The highest BCUT2D eigenvalue weighted by atomic mass is 16.5. The van der Waals surface area contributed by atoms with Crippen LogP contribution >= 0.6 is 0 Å². The van der Waals surface area contributed by atoms with E-state index < -0.39 is 0 Å². The Kier molecular flexibility index (Phi) is 4.48. The molecule has 0 saturated heterocycles. The molecular formula is C16H19NO3. The zero-order chi connectivity index (χ0) is 14.5. The third-order valence-corrected chi connectivity index (χ3v) is 3.19. The van der Waals surface area contributed by atoms with Crippen molar-refractivity contribution in [2.75, 3.05) is 21.3 Å². The van der Waals surface area contributed by atoms with Gasteiger partial charge >= 0.3 is 0 Å². The van der Waals surface area contributed by atoms with E-state index in [1.807, 2.05) is 36.4 Å². The van der Waals surface area contributed by atoms with Crippen molar-refractivity contribution in [3.8, 4) is 28.4 Å². The number of methoxy groups -OCH3 is 3. The monoisotopic (exact) mass is 273 g/mol. The predicted molar refractivity (Wildman–Crippen MR) is 79.4 cm³/mol. The van der Waals surface area contributed by atoms with Gasteiger partial charge in [0.2, 0.25) is 0 Å². The maximum absolute atomic E-state index is 5.80. The van der Waals surface area contributed by atoms with E-state index in [1.165, 1.54) is 0 Å². The van der Waals surface area contributed by atoms with Crippen LogP contribution in [-0.4, -0.2) is 21.3 Å². The molecule has 2 aromatic carbocycles. The van der Waals surface area contributed by atoms with Crippen molar-refractivity contribution < 1.29 is 14.2 Å². The molecule has 0 amide bonds. The Hall–Kier alpha value is -2.20. The topological polar surface area (TPSA) is 53.7 Å². The molecule has 0 aromatic heterocycles. The van der Waals surface area contributed by atoms with Gasteiger partial charge in [0.05, 0.1) is 21.3 Å². The Morgan fingerprint density at radius 2 is 1.60 bits per heavy atom. The molecule has 0 aliphatic heterocycles. The highest BCUT2D eigenvalue weighted by Gasteiger charge is 2.14. The molecule has 2 rings (SSSR count). The predicted octanol–water partition coefficient (Wildman–Crippen LogP) is 2.84. The van der Waals surface area contributed by atoms with Crippen LogP contribution in [0.25, 0.3) is 11.1 Å². The Bertz CT molecular complexity index is 571. The standard InChI is InChI=1S/C16H19NO3/c1-18-14-7-5-4-6-13(14)11-8-12(10-17)16(20-3)15(9-11)19-2/h4-9H,10,17H2,1-3H3. The molecule has 0 aliphatic carbocycles. The fourth-order valence-corrected chi connectivity index (χ4v) is 2.23. The molecule has 20 heavy (non-hydrogen) atoms. The van der Waals surface area contributed by atoms with Gasteiger partial charge < -0.3 is 19.9 Å². The number of rotatable bonds is 5. The maximum atomic E-state index is 5.80. The van der Waals surface area contributed by atoms with E-state index in [4.69, 9.17) is 19.9 Å². The molecule has 0 saturated carbocycles. The minimum Gasteiger partial charge on any atom is -0.496 e. The van der Waals surface area contributed by atoms with Crippen LogP contribution in [0, 0.1) is 0 Å². The quantitative estimate of drug-likeness (QED) is 0.910. The van der Waals surface area contributed by atoms with Gasteiger partial charge in [0.25, 0.3) is 0 Å². The third kappa shape index (κ3) is 2.56. The highest BCUT2D eigenvalue weighted by Crippen LogP contribution is 2.38. The molecule has 0 atom stereocenters. The van der Waals surface area contributed by atoms with E-state index in [0.29, 0.717) is 18.0 Å². The third-order valence-electron chi connectivity index (χ3n) is 3.19. The maximum Gasteiger partial charge on any atom is 0.165 e. The molecule has 106 valence electrons. The SMILES string of the molecule is COc1ccccc1-c1cc(CN)c(OC)c(OC)c1. The van der Waals surface area contributed by atoms with Crippen LogP contribution in [0.15, 0.2) is 36.4 Å². The number of nitrogens with two attached hydrogens (primary N) is 1. The lowest BCUT2D eigenvalue weighted by atomic mass is 10.0. The van der Waals surface area contributed by atoms with Crippen LogP contribution < -0.4 is 19.9 Å². The summed E-state index contributed by atoms with van der Waals surface area (Å²) in [7, 11) is 4.88. The molecule has 2 N–H and O–H groups in total. The van der Waals surface area contributed by atoms with Crippen molar-refractivity contribution in [2.45, 2.75) is 6.54 Å². The van der Waals surface area contributed by atoms with E-state index in [9.17, 15) is 0 Å². The number of para-hydroxylation sites is 1. The molecule has 0 radical (unpaired) electrons. The minimum absolute atomic E-state index is 0.378. The van der Waals surface area contributed by atoms with Crippen LogP contribution in [-0.2, 0) is 6.54 Å². The van der Waals surface area contributed by atoms with Gasteiger partial charge in [0, 0.05) is 17.7 Å². The molecule has 0 bridgehead atoms. The van der Waals surface area contributed by atoms with Gasteiger partial charge in [-0.2, -0.15) is 0 Å². The largest absolute Gasteiger partial charge is 0.496 e. The lowest BCUT2D eigenvalue weighted by molar-refractivity contribution is 0.352.